The van der Waals surface area contributed by atoms with Crippen LogP contribution in [0.25, 0.3) is 0 Å². The molecule has 1 aromatic carbocycles. The minimum absolute atomic E-state index is 0.00116. The third kappa shape index (κ3) is 4.21. The van der Waals surface area contributed by atoms with Crippen LogP contribution in [0.2, 0.25) is 0 Å². The summed E-state index contributed by atoms with van der Waals surface area (Å²) in [5.41, 5.74) is 2.16. The fourth-order valence-corrected chi connectivity index (χ4v) is 2.72. The van der Waals surface area contributed by atoms with Crippen molar-refractivity contribution in [3.05, 3.63) is 29.3 Å². The SMILES string of the molecule is Cc1ccc(C)c(OCC(=O)N2CCCC(C(C)O)C2)c1. The van der Waals surface area contributed by atoms with Gasteiger partial charge in [-0.25, -0.2) is 0 Å². The van der Waals surface area contributed by atoms with Gasteiger partial charge in [0.1, 0.15) is 5.75 Å². The molecule has 0 aromatic heterocycles. The standard InChI is InChI=1S/C17H25NO3/c1-12-6-7-13(2)16(9-12)21-11-17(20)18-8-4-5-15(10-18)14(3)19/h6-7,9,14-15,19H,4-5,8,10-11H2,1-3H3. The van der Waals surface area contributed by atoms with Crippen LogP contribution >= 0.6 is 0 Å². The van der Waals surface area contributed by atoms with Crippen LogP contribution in [-0.2, 0) is 4.79 Å². The first-order valence-electron chi connectivity index (χ1n) is 7.63. The third-order valence-electron chi connectivity index (χ3n) is 4.19. The highest BCUT2D eigenvalue weighted by Crippen LogP contribution is 2.21. The molecule has 0 bridgehead atoms. The lowest BCUT2D eigenvalue weighted by Gasteiger charge is -2.34. The molecule has 0 saturated carbocycles. The summed E-state index contributed by atoms with van der Waals surface area (Å²) in [6.07, 6.45) is 1.57. The maximum atomic E-state index is 12.3. The van der Waals surface area contributed by atoms with E-state index in [-0.39, 0.29) is 24.5 Å². The monoisotopic (exact) mass is 291 g/mol. The number of benzene rings is 1. The number of carbonyl (C=O) groups is 1. The summed E-state index contributed by atoms with van der Waals surface area (Å²) in [5, 5.41) is 9.68. The summed E-state index contributed by atoms with van der Waals surface area (Å²) >= 11 is 0. The van der Waals surface area contributed by atoms with Crippen LogP contribution in [-0.4, -0.2) is 41.7 Å². The van der Waals surface area contributed by atoms with E-state index in [0.717, 1.165) is 36.3 Å². The van der Waals surface area contributed by atoms with E-state index < -0.39 is 0 Å². The van der Waals surface area contributed by atoms with Gasteiger partial charge >= 0.3 is 0 Å². The van der Waals surface area contributed by atoms with Crippen LogP contribution in [0.3, 0.4) is 0 Å². The van der Waals surface area contributed by atoms with Crippen LogP contribution in [0.15, 0.2) is 18.2 Å². The van der Waals surface area contributed by atoms with Crippen molar-refractivity contribution in [3.63, 3.8) is 0 Å². The average molecular weight is 291 g/mol. The number of likely N-dealkylation sites (tertiary alicyclic amines) is 1. The topological polar surface area (TPSA) is 49.8 Å². The van der Waals surface area contributed by atoms with Crippen molar-refractivity contribution in [3.8, 4) is 5.75 Å². The Morgan fingerprint density at radius 2 is 2.24 bits per heavy atom. The zero-order chi connectivity index (χ0) is 15.4. The highest BCUT2D eigenvalue weighted by atomic mass is 16.5. The fourth-order valence-electron chi connectivity index (χ4n) is 2.72. The Labute approximate surface area is 126 Å². The van der Waals surface area contributed by atoms with Crippen molar-refractivity contribution in [2.24, 2.45) is 5.92 Å². The smallest absolute Gasteiger partial charge is 0.260 e. The molecule has 1 fully saturated rings. The predicted molar refractivity (Wildman–Crippen MR) is 82.4 cm³/mol. The first-order valence-corrected chi connectivity index (χ1v) is 7.63. The summed E-state index contributed by atoms with van der Waals surface area (Å²) in [6.45, 7) is 7.24. The van der Waals surface area contributed by atoms with E-state index in [0.29, 0.717) is 6.54 Å². The molecule has 116 valence electrons. The minimum Gasteiger partial charge on any atom is -0.483 e. The molecule has 1 heterocycles. The molecule has 0 radical (unpaired) electrons. The molecular formula is C17H25NO3. The van der Waals surface area contributed by atoms with Crippen LogP contribution in [0, 0.1) is 19.8 Å². The summed E-state index contributed by atoms with van der Waals surface area (Å²) in [5.74, 6) is 0.956. The predicted octanol–water partition coefficient (Wildman–Crippen LogP) is 2.30. The van der Waals surface area contributed by atoms with E-state index in [4.69, 9.17) is 4.74 Å². The number of aryl methyl sites for hydroxylation is 2. The quantitative estimate of drug-likeness (QED) is 0.926. The molecular weight excluding hydrogens is 266 g/mol. The number of hydrogen-bond acceptors (Lipinski definition) is 3. The van der Waals surface area contributed by atoms with Gasteiger partial charge in [-0.2, -0.15) is 0 Å². The van der Waals surface area contributed by atoms with Gasteiger partial charge in [-0.15, -0.1) is 0 Å². The third-order valence-corrected chi connectivity index (χ3v) is 4.19. The molecule has 0 aliphatic carbocycles. The molecule has 1 N–H and O–H groups in total. The Balaban J connectivity index is 1.91. The fraction of sp³-hybridized carbons (Fsp3) is 0.588. The molecule has 4 heteroatoms. The van der Waals surface area contributed by atoms with E-state index in [1.807, 2.05) is 36.9 Å². The molecule has 1 aliphatic heterocycles. The second-order valence-electron chi connectivity index (χ2n) is 6.04. The molecule has 1 aromatic rings. The zero-order valence-electron chi connectivity index (χ0n) is 13.1. The Morgan fingerprint density at radius 1 is 1.48 bits per heavy atom. The maximum absolute atomic E-state index is 12.3. The first kappa shape index (κ1) is 15.8. The number of amides is 1. The van der Waals surface area contributed by atoms with Crippen LogP contribution < -0.4 is 4.74 Å². The van der Waals surface area contributed by atoms with E-state index in [9.17, 15) is 9.90 Å². The Morgan fingerprint density at radius 3 is 2.95 bits per heavy atom. The number of piperidine rings is 1. The summed E-state index contributed by atoms with van der Waals surface area (Å²) in [6, 6.07) is 5.98. The molecule has 4 nitrogen and oxygen atoms in total. The molecule has 2 unspecified atom stereocenters. The highest BCUT2D eigenvalue weighted by Gasteiger charge is 2.26. The lowest BCUT2D eigenvalue weighted by molar-refractivity contribution is -0.136. The summed E-state index contributed by atoms with van der Waals surface area (Å²) in [4.78, 5) is 14.1. The summed E-state index contributed by atoms with van der Waals surface area (Å²) < 4.78 is 5.67. The van der Waals surface area contributed by atoms with Crippen molar-refractivity contribution >= 4 is 5.91 Å². The number of aliphatic hydroxyl groups is 1. The molecule has 0 spiro atoms. The van der Waals surface area contributed by atoms with E-state index in [1.165, 1.54) is 0 Å². The van der Waals surface area contributed by atoms with E-state index >= 15 is 0 Å². The van der Waals surface area contributed by atoms with E-state index in [1.54, 1.807) is 6.92 Å². The second kappa shape index (κ2) is 6.94. The molecule has 2 atom stereocenters. The van der Waals surface area contributed by atoms with Crippen molar-refractivity contribution in [1.29, 1.82) is 0 Å². The number of carbonyl (C=O) groups excluding carboxylic acids is 1. The van der Waals surface area contributed by atoms with Crippen LogP contribution in [0.1, 0.15) is 30.9 Å². The average Bonchev–Trinajstić information content (AvgIpc) is 2.48. The number of rotatable bonds is 4. The lowest BCUT2D eigenvalue weighted by Crippen LogP contribution is -2.44. The highest BCUT2D eigenvalue weighted by molar-refractivity contribution is 5.78. The Hall–Kier alpha value is -1.55. The van der Waals surface area contributed by atoms with Gasteiger partial charge < -0.3 is 14.7 Å². The van der Waals surface area contributed by atoms with Crippen molar-refractivity contribution in [2.75, 3.05) is 19.7 Å². The first-order chi connectivity index (χ1) is 9.97. The van der Waals surface area contributed by atoms with Crippen molar-refractivity contribution < 1.29 is 14.6 Å². The largest absolute Gasteiger partial charge is 0.483 e. The zero-order valence-corrected chi connectivity index (χ0v) is 13.1. The molecule has 1 amide bonds. The van der Waals surface area contributed by atoms with Crippen LogP contribution in [0.4, 0.5) is 0 Å². The Bertz CT molecular complexity index is 499. The number of aliphatic hydroxyl groups excluding tert-OH is 1. The van der Waals surface area contributed by atoms with Crippen molar-refractivity contribution in [1.82, 2.24) is 4.90 Å². The van der Waals surface area contributed by atoms with Crippen LogP contribution in [0.5, 0.6) is 5.75 Å². The van der Waals surface area contributed by atoms with E-state index in [2.05, 4.69) is 0 Å². The van der Waals surface area contributed by atoms with Gasteiger partial charge in [0, 0.05) is 19.0 Å². The number of ether oxygens (including phenoxy) is 1. The normalized spacial score (nSPS) is 20.2. The van der Waals surface area contributed by atoms with Gasteiger partial charge in [-0.3, -0.25) is 4.79 Å². The molecule has 1 aliphatic rings. The van der Waals surface area contributed by atoms with Gasteiger partial charge in [0.15, 0.2) is 6.61 Å². The number of nitrogens with zero attached hydrogens (tertiary/aromatic N) is 1. The lowest BCUT2D eigenvalue weighted by atomic mass is 9.93. The maximum Gasteiger partial charge on any atom is 0.260 e. The molecule has 21 heavy (non-hydrogen) atoms. The molecule has 1 saturated heterocycles. The number of hydrogen-bond donors (Lipinski definition) is 1. The van der Waals surface area contributed by atoms with Gasteiger partial charge in [0.2, 0.25) is 0 Å². The van der Waals surface area contributed by atoms with Gasteiger partial charge in [0.05, 0.1) is 6.10 Å². The van der Waals surface area contributed by atoms with Gasteiger partial charge in [-0.05, 0) is 50.8 Å². The molecule has 2 rings (SSSR count). The van der Waals surface area contributed by atoms with Gasteiger partial charge in [0.25, 0.3) is 5.91 Å². The minimum atomic E-state index is -0.361. The Kier molecular flexibility index (Phi) is 5.23. The summed E-state index contributed by atoms with van der Waals surface area (Å²) in [7, 11) is 0. The second-order valence-corrected chi connectivity index (χ2v) is 6.04. The van der Waals surface area contributed by atoms with Gasteiger partial charge in [-0.1, -0.05) is 12.1 Å². The van der Waals surface area contributed by atoms with Crippen molar-refractivity contribution in [2.45, 2.75) is 39.7 Å².